The molecule has 1 atom stereocenters. The van der Waals surface area contributed by atoms with Crippen LogP contribution in [0.15, 0.2) is 11.6 Å². The van der Waals surface area contributed by atoms with Crippen LogP contribution in [0.1, 0.15) is 13.3 Å². The van der Waals surface area contributed by atoms with E-state index in [4.69, 9.17) is 5.11 Å². The van der Waals surface area contributed by atoms with Crippen LogP contribution in [0.5, 0.6) is 0 Å². The minimum absolute atomic E-state index is 0.316. The molecule has 64 valence electrons. The Morgan fingerprint density at radius 1 is 1.73 bits per heavy atom. The van der Waals surface area contributed by atoms with Crippen LogP contribution < -0.4 is 0 Å². The van der Waals surface area contributed by atoms with Gasteiger partial charge in [-0.3, -0.25) is 0 Å². The molecule has 0 rings (SSSR count). The van der Waals surface area contributed by atoms with Gasteiger partial charge in [0.05, 0.1) is 0 Å². The predicted molar refractivity (Wildman–Crippen MR) is 52.5 cm³/mol. The number of rotatable bonds is 4. The van der Waals surface area contributed by atoms with Gasteiger partial charge in [0.15, 0.2) is 0 Å². The second kappa shape index (κ2) is 5.77. The summed E-state index contributed by atoms with van der Waals surface area (Å²) in [6.45, 7) is 1.59. The van der Waals surface area contributed by atoms with Crippen molar-refractivity contribution in [2.75, 3.05) is 5.33 Å². The van der Waals surface area contributed by atoms with E-state index in [0.717, 1.165) is 11.8 Å². The molecule has 0 saturated heterocycles. The third-order valence-corrected chi connectivity index (χ3v) is 3.53. The number of aliphatic carboxylic acids is 1. The lowest BCUT2D eigenvalue weighted by Crippen LogP contribution is -2.00. The van der Waals surface area contributed by atoms with E-state index in [1.54, 1.807) is 13.0 Å². The van der Waals surface area contributed by atoms with E-state index in [1.807, 2.05) is 0 Å². The standard InChI is InChI=1S/C7H10Br2O2/c1-5(7(10)11)2-3-6(9)4-8/h2,6H,3-4H2,1H3,(H,10,11). The molecule has 1 unspecified atom stereocenters. The fourth-order valence-electron chi connectivity index (χ4n) is 0.455. The monoisotopic (exact) mass is 284 g/mol. The Morgan fingerprint density at radius 3 is 2.64 bits per heavy atom. The molecule has 0 aliphatic heterocycles. The van der Waals surface area contributed by atoms with Gasteiger partial charge in [-0.2, -0.15) is 0 Å². The molecule has 0 radical (unpaired) electrons. The molecular weight excluding hydrogens is 276 g/mol. The first-order valence-corrected chi connectivity index (χ1v) is 5.21. The van der Waals surface area contributed by atoms with Gasteiger partial charge in [0.1, 0.15) is 0 Å². The fourth-order valence-corrected chi connectivity index (χ4v) is 0.906. The Balaban J connectivity index is 3.82. The molecule has 0 aliphatic rings. The number of hydrogen-bond donors (Lipinski definition) is 1. The summed E-state index contributed by atoms with van der Waals surface area (Å²) in [5, 5.41) is 9.30. The van der Waals surface area contributed by atoms with Crippen molar-refractivity contribution < 1.29 is 9.90 Å². The molecule has 0 aromatic rings. The molecule has 0 amide bonds. The molecular formula is C7H10Br2O2. The molecule has 0 bridgehead atoms. The maximum absolute atomic E-state index is 10.3. The van der Waals surface area contributed by atoms with Crippen molar-refractivity contribution in [2.45, 2.75) is 18.2 Å². The second-order valence-corrected chi connectivity index (χ2v) is 4.12. The summed E-state index contributed by atoms with van der Waals surface area (Å²) in [6.07, 6.45) is 2.45. The second-order valence-electron chi connectivity index (χ2n) is 2.18. The fraction of sp³-hybridized carbons (Fsp3) is 0.571. The van der Waals surface area contributed by atoms with Crippen LogP contribution >= 0.6 is 31.9 Å². The lowest BCUT2D eigenvalue weighted by Gasteiger charge is -2.00. The Hall–Kier alpha value is 0.170. The Kier molecular flexibility index (Phi) is 5.86. The van der Waals surface area contributed by atoms with Crippen molar-refractivity contribution in [3.8, 4) is 0 Å². The van der Waals surface area contributed by atoms with Crippen molar-refractivity contribution in [1.29, 1.82) is 0 Å². The van der Waals surface area contributed by atoms with Crippen molar-refractivity contribution in [3.63, 3.8) is 0 Å². The molecule has 4 heteroatoms. The molecule has 1 N–H and O–H groups in total. The van der Waals surface area contributed by atoms with Gasteiger partial charge in [0.2, 0.25) is 0 Å². The summed E-state index contributed by atoms with van der Waals surface area (Å²) in [5.74, 6) is -0.848. The van der Waals surface area contributed by atoms with Gasteiger partial charge in [0, 0.05) is 15.7 Å². The topological polar surface area (TPSA) is 37.3 Å². The zero-order valence-corrected chi connectivity index (χ0v) is 9.35. The maximum atomic E-state index is 10.3. The van der Waals surface area contributed by atoms with Crippen LogP contribution in [0.2, 0.25) is 0 Å². The van der Waals surface area contributed by atoms with Gasteiger partial charge >= 0.3 is 5.97 Å². The molecule has 0 heterocycles. The normalized spacial score (nSPS) is 14.6. The van der Waals surface area contributed by atoms with Gasteiger partial charge < -0.3 is 5.11 Å². The van der Waals surface area contributed by atoms with Crippen molar-refractivity contribution in [3.05, 3.63) is 11.6 Å². The molecule has 0 aromatic heterocycles. The Bertz CT molecular complexity index is 166. The van der Waals surface area contributed by atoms with Crippen LogP contribution in [-0.2, 0) is 4.79 Å². The van der Waals surface area contributed by atoms with E-state index in [2.05, 4.69) is 31.9 Å². The number of carboxylic acids is 1. The number of alkyl halides is 2. The average molecular weight is 286 g/mol. The van der Waals surface area contributed by atoms with Crippen LogP contribution in [-0.4, -0.2) is 21.2 Å². The first-order chi connectivity index (χ1) is 5.07. The van der Waals surface area contributed by atoms with Crippen molar-refractivity contribution in [2.24, 2.45) is 0 Å². The zero-order chi connectivity index (χ0) is 8.85. The summed E-state index contributed by atoms with van der Waals surface area (Å²) < 4.78 is 0. The quantitative estimate of drug-likeness (QED) is 0.637. The first-order valence-electron chi connectivity index (χ1n) is 3.18. The van der Waals surface area contributed by atoms with Gasteiger partial charge in [-0.1, -0.05) is 37.9 Å². The summed E-state index contributed by atoms with van der Waals surface area (Å²) in [4.78, 5) is 10.6. The molecule has 2 nitrogen and oxygen atoms in total. The highest BCUT2D eigenvalue weighted by Crippen LogP contribution is 2.10. The van der Waals surface area contributed by atoms with Crippen LogP contribution in [0.4, 0.5) is 0 Å². The minimum atomic E-state index is -0.848. The van der Waals surface area contributed by atoms with E-state index < -0.39 is 5.97 Å². The number of halogens is 2. The van der Waals surface area contributed by atoms with E-state index in [0.29, 0.717) is 10.4 Å². The highest BCUT2D eigenvalue weighted by Gasteiger charge is 2.02. The van der Waals surface area contributed by atoms with E-state index >= 15 is 0 Å². The SMILES string of the molecule is CC(=CCC(Br)CBr)C(=O)O. The van der Waals surface area contributed by atoms with Gasteiger partial charge in [-0.05, 0) is 13.3 Å². The number of carbonyl (C=O) groups is 1. The molecule has 0 aromatic carbocycles. The largest absolute Gasteiger partial charge is 0.478 e. The van der Waals surface area contributed by atoms with E-state index in [1.165, 1.54) is 0 Å². The third-order valence-electron chi connectivity index (χ3n) is 1.18. The highest BCUT2D eigenvalue weighted by molar-refractivity contribution is 9.12. The highest BCUT2D eigenvalue weighted by atomic mass is 79.9. The number of carboxylic acid groups (broad SMARTS) is 1. The average Bonchev–Trinajstić information content (AvgIpc) is 1.99. The summed E-state index contributed by atoms with van der Waals surface area (Å²) >= 11 is 6.65. The van der Waals surface area contributed by atoms with Crippen molar-refractivity contribution in [1.82, 2.24) is 0 Å². The zero-order valence-electron chi connectivity index (χ0n) is 6.18. The van der Waals surface area contributed by atoms with E-state index in [9.17, 15) is 4.79 Å². The molecule has 0 spiro atoms. The molecule has 0 aliphatic carbocycles. The van der Waals surface area contributed by atoms with Gasteiger partial charge in [-0.25, -0.2) is 4.79 Å². The summed E-state index contributed by atoms with van der Waals surface area (Å²) in [7, 11) is 0. The molecule has 0 fully saturated rings. The number of allylic oxidation sites excluding steroid dienone is 1. The smallest absolute Gasteiger partial charge is 0.330 e. The Morgan fingerprint density at radius 2 is 2.27 bits per heavy atom. The predicted octanol–water partition coefficient (Wildman–Crippen LogP) is 2.57. The first kappa shape index (κ1) is 11.2. The molecule has 11 heavy (non-hydrogen) atoms. The maximum Gasteiger partial charge on any atom is 0.330 e. The third kappa shape index (κ3) is 5.44. The lowest BCUT2D eigenvalue weighted by molar-refractivity contribution is -0.132. The molecule has 0 saturated carbocycles. The van der Waals surface area contributed by atoms with Crippen LogP contribution in [0.25, 0.3) is 0 Å². The van der Waals surface area contributed by atoms with Gasteiger partial charge in [-0.15, -0.1) is 0 Å². The number of hydrogen-bond acceptors (Lipinski definition) is 1. The van der Waals surface area contributed by atoms with Crippen LogP contribution in [0.3, 0.4) is 0 Å². The summed E-state index contributed by atoms with van der Waals surface area (Å²) in [6, 6.07) is 0. The lowest BCUT2D eigenvalue weighted by atomic mass is 10.2. The van der Waals surface area contributed by atoms with Crippen molar-refractivity contribution >= 4 is 37.8 Å². The Labute approximate surface area is 82.9 Å². The van der Waals surface area contributed by atoms with Crippen LogP contribution in [0, 0.1) is 0 Å². The van der Waals surface area contributed by atoms with Gasteiger partial charge in [0.25, 0.3) is 0 Å². The minimum Gasteiger partial charge on any atom is -0.478 e. The summed E-state index contributed by atoms with van der Waals surface area (Å²) in [5.41, 5.74) is 0.399. The van der Waals surface area contributed by atoms with E-state index in [-0.39, 0.29) is 0 Å².